The molecule has 1 N–H and O–H groups in total. The summed E-state index contributed by atoms with van der Waals surface area (Å²) in [5.74, 6) is -1.20. The van der Waals surface area contributed by atoms with E-state index in [1.807, 2.05) is 0 Å². The van der Waals surface area contributed by atoms with Gasteiger partial charge in [0.15, 0.2) is 5.60 Å². The van der Waals surface area contributed by atoms with Gasteiger partial charge in [0, 0.05) is 6.42 Å². The number of hydrogen-bond donors (Lipinski definition) is 1. The van der Waals surface area contributed by atoms with Gasteiger partial charge in [-0.2, -0.15) is 13.2 Å². The van der Waals surface area contributed by atoms with E-state index in [4.69, 9.17) is 4.74 Å². The van der Waals surface area contributed by atoms with E-state index in [0.29, 0.717) is 13.3 Å². The van der Waals surface area contributed by atoms with Crippen LogP contribution in [0, 0.1) is 11.8 Å². The van der Waals surface area contributed by atoms with Crippen LogP contribution in [0.25, 0.3) is 0 Å². The molecule has 0 saturated heterocycles. The summed E-state index contributed by atoms with van der Waals surface area (Å²) in [7, 11) is 0. The monoisotopic (exact) mass is 284 g/mol. The van der Waals surface area contributed by atoms with E-state index in [2.05, 4.69) is 0 Å². The van der Waals surface area contributed by atoms with E-state index in [1.165, 1.54) is 0 Å². The minimum Gasteiger partial charge on any atom is -0.462 e. The van der Waals surface area contributed by atoms with Crippen LogP contribution in [0.1, 0.15) is 47.5 Å². The van der Waals surface area contributed by atoms with E-state index in [9.17, 15) is 23.1 Å². The molecule has 3 atom stereocenters. The molecular weight excluding hydrogens is 261 g/mol. The van der Waals surface area contributed by atoms with Crippen LogP contribution in [0.15, 0.2) is 0 Å². The Balaban J connectivity index is 4.82. The number of carbonyl (C=O) groups excluding carboxylic acids is 1. The molecule has 0 fully saturated rings. The molecule has 0 radical (unpaired) electrons. The number of esters is 1. The Morgan fingerprint density at radius 2 is 1.74 bits per heavy atom. The molecule has 6 heteroatoms. The fourth-order valence-electron chi connectivity index (χ4n) is 1.35. The van der Waals surface area contributed by atoms with Crippen molar-refractivity contribution in [2.24, 2.45) is 11.8 Å². The third-order valence-electron chi connectivity index (χ3n) is 3.24. The number of halogens is 3. The Hall–Kier alpha value is -0.780. The topological polar surface area (TPSA) is 46.5 Å². The van der Waals surface area contributed by atoms with Crippen LogP contribution in [0.4, 0.5) is 13.2 Å². The van der Waals surface area contributed by atoms with E-state index in [-0.39, 0.29) is 11.8 Å². The highest BCUT2D eigenvalue weighted by atomic mass is 19.4. The molecule has 19 heavy (non-hydrogen) atoms. The van der Waals surface area contributed by atoms with Gasteiger partial charge in [0.25, 0.3) is 0 Å². The van der Waals surface area contributed by atoms with Crippen LogP contribution in [0.3, 0.4) is 0 Å². The van der Waals surface area contributed by atoms with Crippen molar-refractivity contribution < 1.29 is 27.8 Å². The zero-order valence-electron chi connectivity index (χ0n) is 12.0. The maximum atomic E-state index is 12.6. The van der Waals surface area contributed by atoms with Crippen molar-refractivity contribution in [1.82, 2.24) is 0 Å². The van der Waals surface area contributed by atoms with Crippen LogP contribution in [-0.2, 0) is 9.53 Å². The standard InChI is InChI=1S/C13H23F3O3/c1-6-9(4)11(17)19-10(8(2)3)7-12(5,18)13(14,15)16/h8-10,18H,6-7H2,1-5H3. The quantitative estimate of drug-likeness (QED) is 0.761. The lowest BCUT2D eigenvalue weighted by atomic mass is 9.91. The fourth-order valence-corrected chi connectivity index (χ4v) is 1.35. The van der Waals surface area contributed by atoms with Crippen LogP contribution >= 0.6 is 0 Å². The van der Waals surface area contributed by atoms with Crippen molar-refractivity contribution in [3.63, 3.8) is 0 Å². The maximum Gasteiger partial charge on any atom is 0.417 e. The maximum absolute atomic E-state index is 12.6. The molecule has 0 aromatic rings. The minimum atomic E-state index is -4.75. The third-order valence-corrected chi connectivity index (χ3v) is 3.24. The molecule has 0 aromatic carbocycles. The molecule has 0 heterocycles. The average Bonchev–Trinajstić information content (AvgIpc) is 2.24. The highest BCUT2D eigenvalue weighted by molar-refractivity contribution is 5.72. The van der Waals surface area contributed by atoms with Gasteiger partial charge in [-0.3, -0.25) is 4.79 Å². The van der Waals surface area contributed by atoms with Gasteiger partial charge in [0.1, 0.15) is 6.10 Å². The molecule has 114 valence electrons. The second-order valence-electron chi connectivity index (χ2n) is 5.50. The summed E-state index contributed by atoms with van der Waals surface area (Å²) in [6.45, 7) is 7.45. The summed E-state index contributed by atoms with van der Waals surface area (Å²) in [5.41, 5.74) is -2.86. The Morgan fingerprint density at radius 3 is 2.05 bits per heavy atom. The predicted octanol–water partition coefficient (Wildman–Crippen LogP) is 3.30. The lowest BCUT2D eigenvalue weighted by Gasteiger charge is -2.32. The highest BCUT2D eigenvalue weighted by Gasteiger charge is 2.51. The first-order valence-electron chi connectivity index (χ1n) is 6.42. The molecule has 0 aliphatic rings. The van der Waals surface area contributed by atoms with Gasteiger partial charge >= 0.3 is 12.1 Å². The summed E-state index contributed by atoms with van der Waals surface area (Å²) in [6.07, 6.45) is -5.81. The number of rotatable bonds is 6. The van der Waals surface area contributed by atoms with Crippen molar-refractivity contribution in [3.05, 3.63) is 0 Å². The normalized spacial score (nSPS) is 18.8. The van der Waals surface area contributed by atoms with Gasteiger partial charge in [0.2, 0.25) is 0 Å². The predicted molar refractivity (Wildman–Crippen MR) is 65.5 cm³/mol. The van der Waals surface area contributed by atoms with Gasteiger partial charge in [-0.05, 0) is 19.3 Å². The first kappa shape index (κ1) is 18.2. The van der Waals surface area contributed by atoms with Crippen molar-refractivity contribution in [2.75, 3.05) is 0 Å². The van der Waals surface area contributed by atoms with Crippen LogP contribution in [-0.4, -0.2) is 29.0 Å². The second-order valence-corrected chi connectivity index (χ2v) is 5.50. The molecular formula is C13H23F3O3. The molecule has 0 aliphatic carbocycles. The lowest BCUT2D eigenvalue weighted by molar-refractivity contribution is -0.263. The molecule has 0 bridgehead atoms. The summed E-state index contributed by atoms with van der Waals surface area (Å²) < 4.78 is 43.0. The number of ether oxygens (including phenoxy) is 1. The Morgan fingerprint density at radius 1 is 1.26 bits per heavy atom. The first-order valence-corrected chi connectivity index (χ1v) is 6.42. The van der Waals surface area contributed by atoms with Gasteiger partial charge in [-0.15, -0.1) is 0 Å². The third kappa shape index (κ3) is 5.38. The molecule has 0 amide bonds. The number of carbonyl (C=O) groups is 1. The highest BCUT2D eigenvalue weighted by Crippen LogP contribution is 2.35. The smallest absolute Gasteiger partial charge is 0.417 e. The minimum absolute atomic E-state index is 0.304. The SMILES string of the molecule is CCC(C)C(=O)OC(CC(C)(O)C(F)(F)F)C(C)C. The summed E-state index contributed by atoms with van der Waals surface area (Å²) in [4.78, 5) is 11.6. The van der Waals surface area contributed by atoms with Gasteiger partial charge in [-0.25, -0.2) is 0 Å². The second kappa shape index (κ2) is 6.59. The molecule has 0 saturated carbocycles. The fraction of sp³-hybridized carbons (Fsp3) is 0.923. The summed E-state index contributed by atoms with van der Waals surface area (Å²) in [5, 5.41) is 9.46. The summed E-state index contributed by atoms with van der Waals surface area (Å²) in [6, 6.07) is 0. The molecule has 0 spiro atoms. The lowest BCUT2D eigenvalue weighted by Crippen LogP contribution is -2.46. The zero-order valence-corrected chi connectivity index (χ0v) is 12.0. The van der Waals surface area contributed by atoms with Crippen LogP contribution in [0.5, 0.6) is 0 Å². The average molecular weight is 284 g/mol. The molecule has 0 aliphatic heterocycles. The largest absolute Gasteiger partial charge is 0.462 e. The number of hydrogen-bond acceptors (Lipinski definition) is 3. The molecule has 3 nitrogen and oxygen atoms in total. The number of alkyl halides is 3. The van der Waals surface area contributed by atoms with E-state index >= 15 is 0 Å². The Labute approximate surface area is 112 Å². The first-order chi connectivity index (χ1) is 8.42. The Kier molecular flexibility index (Phi) is 6.32. The zero-order chi connectivity index (χ0) is 15.4. The van der Waals surface area contributed by atoms with Crippen molar-refractivity contribution >= 4 is 5.97 Å². The van der Waals surface area contributed by atoms with Crippen LogP contribution in [0.2, 0.25) is 0 Å². The van der Waals surface area contributed by atoms with Gasteiger partial charge in [0.05, 0.1) is 5.92 Å². The molecule has 3 unspecified atom stereocenters. The van der Waals surface area contributed by atoms with E-state index in [1.54, 1.807) is 27.7 Å². The van der Waals surface area contributed by atoms with Crippen molar-refractivity contribution in [2.45, 2.75) is 65.3 Å². The van der Waals surface area contributed by atoms with Crippen LogP contribution < -0.4 is 0 Å². The van der Waals surface area contributed by atoms with Gasteiger partial charge in [-0.1, -0.05) is 27.7 Å². The molecule has 0 rings (SSSR count). The van der Waals surface area contributed by atoms with E-state index < -0.39 is 30.3 Å². The van der Waals surface area contributed by atoms with E-state index in [0.717, 1.165) is 0 Å². The summed E-state index contributed by atoms with van der Waals surface area (Å²) >= 11 is 0. The van der Waals surface area contributed by atoms with Gasteiger partial charge < -0.3 is 9.84 Å². The Bertz CT molecular complexity index is 298. The number of aliphatic hydroxyl groups is 1. The van der Waals surface area contributed by atoms with Crippen molar-refractivity contribution in [1.29, 1.82) is 0 Å². The molecule has 0 aromatic heterocycles. The van der Waals surface area contributed by atoms with Crippen molar-refractivity contribution in [3.8, 4) is 0 Å².